The molecule has 0 N–H and O–H groups in total. The SMILES string of the molecule is O=C1C(=O)N(Cc2ccc(OCCF)cc2)c2ccc(S(=O)(=O)N3CCC[C@H]3CF)cc21. The Bertz CT molecular complexity index is 1140. The first-order valence-corrected chi connectivity index (χ1v) is 11.7. The highest BCUT2D eigenvalue weighted by atomic mass is 32.2. The van der Waals surface area contributed by atoms with Crippen LogP contribution in [-0.2, 0) is 21.4 Å². The lowest BCUT2D eigenvalue weighted by Gasteiger charge is -2.22. The number of Topliss-reactive ketones (excluding diaryl/α,β-unsaturated/α-hetero) is 1. The van der Waals surface area contributed by atoms with Gasteiger partial charge in [-0.25, -0.2) is 17.2 Å². The van der Waals surface area contributed by atoms with Gasteiger partial charge in [0.25, 0.3) is 11.7 Å². The summed E-state index contributed by atoms with van der Waals surface area (Å²) in [7, 11) is -3.98. The van der Waals surface area contributed by atoms with Crippen molar-refractivity contribution in [2.45, 2.75) is 30.3 Å². The molecule has 2 heterocycles. The minimum absolute atomic E-state index is 0.00923. The predicted octanol–water partition coefficient (Wildman–Crippen LogP) is 2.89. The van der Waals surface area contributed by atoms with E-state index in [-0.39, 0.29) is 30.2 Å². The topological polar surface area (TPSA) is 84.0 Å². The van der Waals surface area contributed by atoms with Crippen LogP contribution in [0.15, 0.2) is 47.4 Å². The van der Waals surface area contributed by atoms with Crippen molar-refractivity contribution in [3.63, 3.8) is 0 Å². The minimum atomic E-state index is -3.98. The van der Waals surface area contributed by atoms with Gasteiger partial charge >= 0.3 is 0 Å². The maximum Gasteiger partial charge on any atom is 0.299 e. The number of rotatable bonds is 8. The summed E-state index contributed by atoms with van der Waals surface area (Å²) in [5.41, 5.74) is 1.04. The maximum absolute atomic E-state index is 13.2. The number of carbonyl (C=O) groups excluding carboxylic acids is 2. The lowest BCUT2D eigenvalue weighted by molar-refractivity contribution is -0.114. The van der Waals surface area contributed by atoms with Crippen LogP contribution in [0.5, 0.6) is 5.75 Å². The standard InChI is InChI=1S/C22H22F2N2O5S/c23-9-11-31-17-5-3-15(4-6-17)14-25-20-8-7-18(12-19(20)21(27)22(25)28)32(29,30)26-10-1-2-16(26)13-24/h3-8,12,16H,1-2,9-11,13-14H2/t16-/m0/s1. The van der Waals surface area contributed by atoms with Crippen molar-refractivity contribution in [3.05, 3.63) is 53.6 Å². The number of hydrogen-bond acceptors (Lipinski definition) is 5. The van der Waals surface area contributed by atoms with E-state index in [1.807, 2.05) is 0 Å². The molecule has 0 aliphatic carbocycles. The first-order valence-electron chi connectivity index (χ1n) is 10.2. The molecule has 0 unspecified atom stereocenters. The smallest absolute Gasteiger partial charge is 0.299 e. The molecule has 2 aromatic rings. The van der Waals surface area contributed by atoms with Gasteiger partial charge in [-0.1, -0.05) is 12.1 Å². The van der Waals surface area contributed by atoms with Crippen LogP contribution in [0.25, 0.3) is 0 Å². The average molecular weight is 464 g/mol. The zero-order valence-corrected chi connectivity index (χ0v) is 18.0. The van der Waals surface area contributed by atoms with E-state index in [0.29, 0.717) is 29.8 Å². The molecule has 1 amide bonds. The van der Waals surface area contributed by atoms with E-state index >= 15 is 0 Å². The molecule has 2 aliphatic rings. The molecule has 1 atom stereocenters. The monoisotopic (exact) mass is 464 g/mol. The predicted molar refractivity (Wildman–Crippen MR) is 113 cm³/mol. The number of nitrogens with zero attached hydrogens (tertiary/aromatic N) is 2. The summed E-state index contributed by atoms with van der Waals surface area (Å²) in [5, 5.41) is 0. The lowest BCUT2D eigenvalue weighted by atomic mass is 10.1. The maximum atomic E-state index is 13.2. The number of fused-ring (bicyclic) bond motifs is 1. The zero-order chi connectivity index (χ0) is 22.9. The van der Waals surface area contributed by atoms with Crippen molar-refractivity contribution in [3.8, 4) is 5.75 Å². The second kappa shape index (κ2) is 8.95. The number of halogens is 2. The summed E-state index contributed by atoms with van der Waals surface area (Å²) in [6, 6.07) is 9.95. The second-order valence-electron chi connectivity index (χ2n) is 7.65. The van der Waals surface area contributed by atoms with Crippen LogP contribution in [0.2, 0.25) is 0 Å². The largest absolute Gasteiger partial charge is 0.491 e. The van der Waals surface area contributed by atoms with Crippen molar-refractivity contribution in [2.24, 2.45) is 0 Å². The highest BCUT2D eigenvalue weighted by molar-refractivity contribution is 7.89. The Hall–Kier alpha value is -2.85. The molecule has 2 aliphatic heterocycles. The van der Waals surface area contributed by atoms with E-state index in [1.165, 1.54) is 23.1 Å². The Morgan fingerprint density at radius 1 is 1.06 bits per heavy atom. The van der Waals surface area contributed by atoms with E-state index in [4.69, 9.17) is 4.74 Å². The summed E-state index contributed by atoms with van der Waals surface area (Å²) in [6.45, 7) is -1.11. The van der Waals surface area contributed by atoms with Crippen LogP contribution in [0.1, 0.15) is 28.8 Å². The lowest BCUT2D eigenvalue weighted by Crippen LogP contribution is -2.36. The van der Waals surface area contributed by atoms with Crippen molar-refractivity contribution in [1.29, 1.82) is 0 Å². The first-order chi connectivity index (χ1) is 15.4. The van der Waals surface area contributed by atoms with Gasteiger partial charge in [0.1, 0.15) is 25.7 Å². The Morgan fingerprint density at radius 2 is 1.81 bits per heavy atom. The number of ether oxygens (including phenoxy) is 1. The fraction of sp³-hybridized carbons (Fsp3) is 0.364. The zero-order valence-electron chi connectivity index (χ0n) is 17.2. The van der Waals surface area contributed by atoms with E-state index in [2.05, 4.69) is 0 Å². The van der Waals surface area contributed by atoms with Crippen LogP contribution in [0.4, 0.5) is 14.5 Å². The van der Waals surface area contributed by atoms with Gasteiger partial charge in [-0.15, -0.1) is 0 Å². The molecule has 0 saturated carbocycles. The number of amides is 1. The van der Waals surface area contributed by atoms with Gasteiger partial charge < -0.3 is 9.64 Å². The molecule has 0 spiro atoms. The van der Waals surface area contributed by atoms with E-state index in [0.717, 1.165) is 4.31 Å². The quantitative estimate of drug-likeness (QED) is 0.561. The fourth-order valence-electron chi connectivity index (χ4n) is 4.04. The Morgan fingerprint density at radius 3 is 2.50 bits per heavy atom. The van der Waals surface area contributed by atoms with Gasteiger partial charge in [0.15, 0.2) is 0 Å². The number of hydrogen-bond donors (Lipinski definition) is 0. The Kier molecular flexibility index (Phi) is 6.25. The summed E-state index contributed by atoms with van der Waals surface area (Å²) in [5.74, 6) is -1.06. The van der Waals surface area contributed by atoms with Crippen LogP contribution >= 0.6 is 0 Å². The number of benzene rings is 2. The molecule has 170 valence electrons. The summed E-state index contributed by atoms with van der Waals surface area (Å²) in [6.07, 6.45) is 1.02. The first kappa shape index (κ1) is 22.3. The highest BCUT2D eigenvalue weighted by Crippen LogP contribution is 2.34. The average Bonchev–Trinajstić information content (AvgIpc) is 3.38. The number of alkyl halides is 2. The van der Waals surface area contributed by atoms with Crippen LogP contribution in [0.3, 0.4) is 0 Å². The molecule has 32 heavy (non-hydrogen) atoms. The van der Waals surface area contributed by atoms with E-state index < -0.39 is 41.1 Å². The molecular formula is C22H22F2N2O5S. The number of ketones is 1. The molecule has 0 radical (unpaired) electrons. The Balaban J connectivity index is 1.59. The molecule has 4 rings (SSSR count). The molecule has 7 nitrogen and oxygen atoms in total. The molecule has 1 saturated heterocycles. The van der Waals surface area contributed by atoms with Gasteiger partial charge in [-0.2, -0.15) is 4.31 Å². The van der Waals surface area contributed by atoms with Crippen LogP contribution in [-0.4, -0.2) is 57.0 Å². The van der Waals surface area contributed by atoms with Crippen molar-refractivity contribution >= 4 is 27.4 Å². The number of sulfonamides is 1. The molecule has 0 aromatic heterocycles. The van der Waals surface area contributed by atoms with Crippen LogP contribution in [0, 0.1) is 0 Å². The van der Waals surface area contributed by atoms with Gasteiger partial charge in [0.2, 0.25) is 10.0 Å². The highest BCUT2D eigenvalue weighted by Gasteiger charge is 2.39. The number of anilines is 1. The van der Waals surface area contributed by atoms with Gasteiger partial charge in [0.05, 0.1) is 28.7 Å². The molecule has 2 aromatic carbocycles. The van der Waals surface area contributed by atoms with Gasteiger partial charge in [0, 0.05) is 6.54 Å². The third-order valence-corrected chi connectivity index (χ3v) is 7.61. The third-order valence-electron chi connectivity index (χ3n) is 5.66. The summed E-state index contributed by atoms with van der Waals surface area (Å²) < 4.78 is 57.7. The summed E-state index contributed by atoms with van der Waals surface area (Å²) in [4.78, 5) is 26.3. The summed E-state index contributed by atoms with van der Waals surface area (Å²) >= 11 is 0. The normalized spacial score (nSPS) is 18.9. The van der Waals surface area contributed by atoms with Crippen molar-refractivity contribution < 1.29 is 31.5 Å². The minimum Gasteiger partial charge on any atom is -0.491 e. The van der Waals surface area contributed by atoms with E-state index in [1.54, 1.807) is 24.3 Å². The molecular weight excluding hydrogens is 442 g/mol. The Labute approximate surface area is 184 Å². The molecule has 1 fully saturated rings. The third kappa shape index (κ3) is 4.00. The second-order valence-corrected chi connectivity index (χ2v) is 9.54. The van der Waals surface area contributed by atoms with Crippen molar-refractivity contribution in [1.82, 2.24) is 4.31 Å². The molecule has 10 heteroatoms. The number of carbonyl (C=O) groups is 2. The molecule has 0 bridgehead atoms. The van der Waals surface area contributed by atoms with Crippen LogP contribution < -0.4 is 9.64 Å². The van der Waals surface area contributed by atoms with E-state index in [9.17, 15) is 26.8 Å². The fourth-order valence-corrected chi connectivity index (χ4v) is 5.74. The van der Waals surface area contributed by atoms with Gasteiger partial charge in [-0.3, -0.25) is 9.59 Å². The van der Waals surface area contributed by atoms with Gasteiger partial charge in [-0.05, 0) is 48.7 Å². The van der Waals surface area contributed by atoms with Crippen molar-refractivity contribution in [2.75, 3.05) is 31.4 Å².